The number of carboxylic acid groups (broad SMARTS) is 1. The molecule has 0 amide bonds. The summed E-state index contributed by atoms with van der Waals surface area (Å²) in [6.45, 7) is 0.930. The van der Waals surface area contributed by atoms with Crippen LogP contribution in [0.1, 0.15) is 16.8 Å². The molecule has 0 spiro atoms. The second kappa shape index (κ2) is 4.55. The van der Waals surface area contributed by atoms with Crippen LogP contribution in [0.2, 0.25) is 5.02 Å². The molecule has 1 aromatic rings. The van der Waals surface area contributed by atoms with E-state index in [1.165, 1.54) is 6.07 Å². The molecule has 0 aromatic heterocycles. The summed E-state index contributed by atoms with van der Waals surface area (Å²) >= 11 is 7.54. The largest absolute Gasteiger partial charge is 0.478 e. The number of nitrogens with zero attached hydrogens (tertiary/aromatic N) is 1. The Labute approximate surface area is 103 Å². The molecule has 0 fully saturated rings. The van der Waals surface area contributed by atoms with E-state index in [1.807, 2.05) is 13.1 Å². The van der Waals surface area contributed by atoms with Gasteiger partial charge in [-0.05, 0) is 24.3 Å². The number of thioether (sulfide) groups is 1. The highest BCUT2D eigenvalue weighted by molar-refractivity contribution is 7.99. The molecule has 0 saturated carbocycles. The molecule has 1 aliphatic heterocycles. The number of fused-ring (bicyclic) bond motifs is 1. The highest BCUT2D eigenvalue weighted by atomic mass is 35.5. The van der Waals surface area contributed by atoms with E-state index in [9.17, 15) is 4.79 Å². The van der Waals surface area contributed by atoms with Crippen molar-refractivity contribution in [1.29, 1.82) is 0 Å². The van der Waals surface area contributed by atoms with Crippen LogP contribution in [0.3, 0.4) is 0 Å². The van der Waals surface area contributed by atoms with Gasteiger partial charge in [0, 0.05) is 23.5 Å². The summed E-state index contributed by atoms with van der Waals surface area (Å²) in [6.07, 6.45) is 1.05. The van der Waals surface area contributed by atoms with Crippen LogP contribution < -0.4 is 4.90 Å². The Morgan fingerprint density at radius 1 is 1.56 bits per heavy atom. The molecule has 0 atom stereocenters. The van der Waals surface area contributed by atoms with E-state index < -0.39 is 5.97 Å². The second-order valence-electron chi connectivity index (χ2n) is 3.73. The van der Waals surface area contributed by atoms with Gasteiger partial charge in [0.2, 0.25) is 0 Å². The summed E-state index contributed by atoms with van der Waals surface area (Å²) in [6, 6.07) is 3.36. The zero-order valence-electron chi connectivity index (χ0n) is 8.86. The molecule has 0 unspecified atom stereocenters. The van der Waals surface area contributed by atoms with Crippen LogP contribution in [-0.2, 0) is 0 Å². The van der Waals surface area contributed by atoms with Crippen molar-refractivity contribution in [3.8, 4) is 0 Å². The number of anilines is 1. The minimum atomic E-state index is -0.915. The first-order valence-electron chi connectivity index (χ1n) is 5.00. The number of hydrogen-bond donors (Lipinski definition) is 1. The highest BCUT2D eigenvalue weighted by Crippen LogP contribution is 2.38. The number of aromatic carboxylic acids is 1. The smallest absolute Gasteiger partial charge is 0.336 e. The number of benzene rings is 1. The minimum Gasteiger partial charge on any atom is -0.478 e. The van der Waals surface area contributed by atoms with Crippen LogP contribution in [0.15, 0.2) is 17.0 Å². The molecule has 1 aromatic carbocycles. The van der Waals surface area contributed by atoms with Crippen molar-refractivity contribution in [2.24, 2.45) is 0 Å². The van der Waals surface area contributed by atoms with E-state index in [1.54, 1.807) is 11.8 Å². The molecule has 86 valence electrons. The van der Waals surface area contributed by atoms with E-state index in [0.29, 0.717) is 10.6 Å². The predicted molar refractivity (Wildman–Crippen MR) is 67.0 cm³/mol. The number of halogens is 1. The first-order valence-corrected chi connectivity index (χ1v) is 6.36. The molecule has 3 nitrogen and oxygen atoms in total. The molecular formula is C11H12ClNO2S. The third kappa shape index (κ3) is 2.13. The van der Waals surface area contributed by atoms with Crippen LogP contribution in [0.4, 0.5) is 5.69 Å². The SMILES string of the molecule is CN1CCCSc2c(C(=O)O)cc(Cl)cc21. The van der Waals surface area contributed by atoms with Gasteiger partial charge in [-0.2, -0.15) is 0 Å². The van der Waals surface area contributed by atoms with Crippen LogP contribution in [-0.4, -0.2) is 30.4 Å². The van der Waals surface area contributed by atoms with Crippen molar-refractivity contribution in [1.82, 2.24) is 0 Å². The maximum Gasteiger partial charge on any atom is 0.336 e. The number of hydrogen-bond acceptors (Lipinski definition) is 3. The molecular weight excluding hydrogens is 246 g/mol. The third-order valence-electron chi connectivity index (χ3n) is 2.56. The van der Waals surface area contributed by atoms with Crippen LogP contribution >= 0.6 is 23.4 Å². The van der Waals surface area contributed by atoms with Gasteiger partial charge in [0.25, 0.3) is 0 Å². The van der Waals surface area contributed by atoms with E-state index in [0.717, 1.165) is 29.3 Å². The monoisotopic (exact) mass is 257 g/mol. The summed E-state index contributed by atoms with van der Waals surface area (Å²) in [4.78, 5) is 14.0. The topological polar surface area (TPSA) is 40.5 Å². The Balaban J connectivity index is 2.60. The van der Waals surface area contributed by atoms with Gasteiger partial charge in [-0.25, -0.2) is 4.79 Å². The first-order chi connectivity index (χ1) is 7.59. The average molecular weight is 258 g/mol. The maximum absolute atomic E-state index is 11.2. The Bertz CT molecular complexity index is 436. The third-order valence-corrected chi connectivity index (χ3v) is 3.99. The zero-order valence-corrected chi connectivity index (χ0v) is 10.4. The quantitative estimate of drug-likeness (QED) is 0.840. The molecule has 0 radical (unpaired) electrons. The van der Waals surface area contributed by atoms with E-state index >= 15 is 0 Å². The number of rotatable bonds is 1. The van der Waals surface area contributed by atoms with Crippen LogP contribution in [0, 0.1) is 0 Å². The first kappa shape index (κ1) is 11.6. The second-order valence-corrected chi connectivity index (χ2v) is 5.27. The summed E-state index contributed by atoms with van der Waals surface area (Å²) in [5.41, 5.74) is 1.23. The zero-order chi connectivity index (χ0) is 11.7. The number of carbonyl (C=O) groups is 1. The van der Waals surface area contributed by atoms with Gasteiger partial charge < -0.3 is 10.0 Å². The standard InChI is InChI=1S/C11H12ClNO2S/c1-13-3-2-4-16-10-8(11(14)15)5-7(12)6-9(10)13/h5-6H,2-4H2,1H3,(H,14,15). The molecule has 5 heteroatoms. The van der Waals surface area contributed by atoms with Crippen LogP contribution in [0.5, 0.6) is 0 Å². The molecule has 0 aliphatic carbocycles. The lowest BCUT2D eigenvalue weighted by molar-refractivity contribution is 0.0693. The van der Waals surface area contributed by atoms with Gasteiger partial charge in [-0.15, -0.1) is 11.8 Å². The van der Waals surface area contributed by atoms with E-state index in [4.69, 9.17) is 16.7 Å². The van der Waals surface area contributed by atoms with Gasteiger partial charge in [-0.1, -0.05) is 11.6 Å². The molecule has 0 saturated heterocycles. The summed E-state index contributed by atoms with van der Waals surface area (Å²) < 4.78 is 0. The summed E-state index contributed by atoms with van der Waals surface area (Å²) in [5.74, 6) is 0.0285. The van der Waals surface area contributed by atoms with Crippen molar-refractivity contribution in [3.63, 3.8) is 0 Å². The number of carboxylic acids is 1. The van der Waals surface area contributed by atoms with Gasteiger partial charge in [-0.3, -0.25) is 0 Å². The molecule has 1 heterocycles. The predicted octanol–water partition coefficient (Wildman–Crippen LogP) is 2.97. The molecule has 2 rings (SSSR count). The minimum absolute atomic E-state index is 0.307. The Kier molecular flexibility index (Phi) is 3.30. The lowest BCUT2D eigenvalue weighted by atomic mass is 10.2. The lowest BCUT2D eigenvalue weighted by Gasteiger charge is -2.20. The van der Waals surface area contributed by atoms with E-state index in [2.05, 4.69) is 4.90 Å². The molecule has 0 bridgehead atoms. The van der Waals surface area contributed by atoms with Crippen molar-refractivity contribution >= 4 is 35.0 Å². The van der Waals surface area contributed by atoms with Crippen molar-refractivity contribution in [2.45, 2.75) is 11.3 Å². The summed E-state index contributed by atoms with van der Waals surface area (Å²) in [5, 5.41) is 9.63. The highest BCUT2D eigenvalue weighted by Gasteiger charge is 2.20. The van der Waals surface area contributed by atoms with E-state index in [-0.39, 0.29) is 0 Å². The van der Waals surface area contributed by atoms with Crippen molar-refractivity contribution < 1.29 is 9.90 Å². The van der Waals surface area contributed by atoms with Gasteiger partial charge >= 0.3 is 5.97 Å². The summed E-state index contributed by atoms with van der Waals surface area (Å²) in [7, 11) is 1.96. The van der Waals surface area contributed by atoms with Crippen molar-refractivity contribution in [2.75, 3.05) is 24.2 Å². The van der Waals surface area contributed by atoms with Gasteiger partial charge in [0.15, 0.2) is 0 Å². The van der Waals surface area contributed by atoms with Crippen molar-refractivity contribution in [3.05, 3.63) is 22.7 Å². The molecule has 1 aliphatic rings. The molecule has 16 heavy (non-hydrogen) atoms. The maximum atomic E-state index is 11.2. The Hall–Kier alpha value is -0.870. The average Bonchev–Trinajstić information content (AvgIpc) is 2.40. The Morgan fingerprint density at radius 2 is 2.31 bits per heavy atom. The van der Waals surface area contributed by atoms with Crippen LogP contribution in [0.25, 0.3) is 0 Å². The normalized spacial score (nSPS) is 15.5. The Morgan fingerprint density at radius 3 is 3.00 bits per heavy atom. The fourth-order valence-electron chi connectivity index (χ4n) is 1.77. The van der Waals surface area contributed by atoms with Gasteiger partial charge in [0.05, 0.1) is 11.3 Å². The fourth-order valence-corrected chi connectivity index (χ4v) is 3.12. The molecule has 1 N–H and O–H groups in total. The van der Waals surface area contributed by atoms with Gasteiger partial charge in [0.1, 0.15) is 0 Å². The lowest BCUT2D eigenvalue weighted by Crippen LogP contribution is -2.18. The fraction of sp³-hybridized carbons (Fsp3) is 0.364.